The standard InChI is InChI=1S/C20H22N2O2/c1-15-6-8-16(9-7-15)14-22-12-10-20(11-13-22)17-4-2-3-5-18(17)21-19(23)24-20/h2-9H,10-14H2,1H3,(H,21,23). The molecule has 2 aliphatic heterocycles. The molecule has 1 amide bonds. The predicted octanol–water partition coefficient (Wildman–Crippen LogP) is 4.05. The lowest BCUT2D eigenvalue weighted by atomic mass is 9.82. The van der Waals surface area contributed by atoms with Crippen LogP contribution >= 0.6 is 0 Å². The van der Waals surface area contributed by atoms with Gasteiger partial charge in [-0.1, -0.05) is 48.0 Å². The molecule has 4 heteroatoms. The smallest absolute Gasteiger partial charge is 0.412 e. The van der Waals surface area contributed by atoms with Crippen LogP contribution in [0.2, 0.25) is 0 Å². The SMILES string of the molecule is Cc1ccc(CN2CCC3(CC2)OC(=O)Nc2ccccc23)cc1. The average Bonchev–Trinajstić information content (AvgIpc) is 2.59. The minimum atomic E-state index is -0.470. The molecule has 1 fully saturated rings. The summed E-state index contributed by atoms with van der Waals surface area (Å²) in [6.45, 7) is 4.91. The second-order valence-electron chi connectivity index (χ2n) is 6.82. The molecule has 4 nitrogen and oxygen atoms in total. The second-order valence-corrected chi connectivity index (χ2v) is 6.82. The number of carbonyl (C=O) groups excluding carboxylic acids is 1. The van der Waals surface area contributed by atoms with Crippen LogP contribution in [0.1, 0.15) is 29.5 Å². The maximum absolute atomic E-state index is 12.0. The molecule has 4 rings (SSSR count). The number of benzene rings is 2. The summed E-state index contributed by atoms with van der Waals surface area (Å²) in [5.41, 5.74) is 4.15. The highest BCUT2D eigenvalue weighted by atomic mass is 16.6. The Labute approximate surface area is 142 Å². The maximum atomic E-state index is 12.0. The Hall–Kier alpha value is -2.33. The van der Waals surface area contributed by atoms with Crippen LogP contribution in [0.15, 0.2) is 48.5 Å². The quantitative estimate of drug-likeness (QED) is 0.907. The Morgan fingerprint density at radius 1 is 1.08 bits per heavy atom. The van der Waals surface area contributed by atoms with E-state index in [0.29, 0.717) is 0 Å². The average molecular weight is 322 g/mol. The summed E-state index contributed by atoms with van der Waals surface area (Å²) in [7, 11) is 0. The van der Waals surface area contributed by atoms with E-state index in [0.717, 1.165) is 43.7 Å². The molecule has 0 aromatic heterocycles. The first-order valence-electron chi connectivity index (χ1n) is 8.52. The van der Waals surface area contributed by atoms with Crippen molar-refractivity contribution in [3.8, 4) is 0 Å². The van der Waals surface area contributed by atoms with Crippen LogP contribution < -0.4 is 5.32 Å². The Morgan fingerprint density at radius 3 is 2.54 bits per heavy atom. The lowest BCUT2D eigenvalue weighted by molar-refractivity contribution is -0.0393. The third kappa shape index (κ3) is 2.78. The molecule has 2 aliphatic rings. The van der Waals surface area contributed by atoms with E-state index in [1.165, 1.54) is 11.1 Å². The number of hydrogen-bond donors (Lipinski definition) is 1. The molecule has 0 unspecified atom stereocenters. The molecule has 2 heterocycles. The van der Waals surface area contributed by atoms with E-state index in [1.807, 2.05) is 18.2 Å². The lowest BCUT2D eigenvalue weighted by Crippen LogP contribution is -2.48. The zero-order valence-electron chi connectivity index (χ0n) is 13.9. The highest BCUT2D eigenvalue weighted by Crippen LogP contribution is 2.43. The monoisotopic (exact) mass is 322 g/mol. The largest absolute Gasteiger partial charge is 0.438 e. The second kappa shape index (κ2) is 5.95. The van der Waals surface area contributed by atoms with E-state index in [1.54, 1.807) is 0 Å². The molecule has 2 aromatic carbocycles. The third-order valence-corrected chi connectivity index (χ3v) is 5.13. The van der Waals surface area contributed by atoms with Crippen LogP contribution in [0.25, 0.3) is 0 Å². The summed E-state index contributed by atoms with van der Waals surface area (Å²) in [6, 6.07) is 16.7. The molecule has 24 heavy (non-hydrogen) atoms. The fourth-order valence-electron chi connectivity index (χ4n) is 3.75. The van der Waals surface area contributed by atoms with Crippen molar-refractivity contribution >= 4 is 11.8 Å². The number of amides is 1. The molecule has 0 radical (unpaired) electrons. The van der Waals surface area contributed by atoms with E-state index < -0.39 is 5.60 Å². The summed E-state index contributed by atoms with van der Waals surface area (Å²) >= 11 is 0. The number of carbonyl (C=O) groups is 1. The molecule has 0 atom stereocenters. The van der Waals surface area contributed by atoms with Gasteiger partial charge < -0.3 is 4.74 Å². The van der Waals surface area contributed by atoms with Gasteiger partial charge in [0.25, 0.3) is 0 Å². The van der Waals surface area contributed by atoms with Crippen molar-refractivity contribution in [3.05, 3.63) is 65.2 Å². The zero-order valence-corrected chi connectivity index (χ0v) is 13.9. The van der Waals surface area contributed by atoms with Crippen LogP contribution in [0.3, 0.4) is 0 Å². The predicted molar refractivity (Wildman–Crippen MR) is 93.9 cm³/mol. The number of likely N-dealkylation sites (tertiary alicyclic amines) is 1. The van der Waals surface area contributed by atoms with Gasteiger partial charge in [0, 0.05) is 38.0 Å². The number of fused-ring (bicyclic) bond motifs is 2. The van der Waals surface area contributed by atoms with Crippen molar-refractivity contribution in [3.63, 3.8) is 0 Å². The summed E-state index contributed by atoms with van der Waals surface area (Å²) in [5.74, 6) is 0. The molecular formula is C20H22N2O2. The first-order chi connectivity index (χ1) is 11.6. The summed E-state index contributed by atoms with van der Waals surface area (Å²) in [5, 5.41) is 2.81. The van der Waals surface area contributed by atoms with Gasteiger partial charge in [-0.2, -0.15) is 0 Å². The van der Waals surface area contributed by atoms with Crippen molar-refractivity contribution in [2.75, 3.05) is 18.4 Å². The van der Waals surface area contributed by atoms with Gasteiger partial charge >= 0.3 is 6.09 Å². The molecule has 0 saturated carbocycles. The fourth-order valence-corrected chi connectivity index (χ4v) is 3.75. The van der Waals surface area contributed by atoms with Crippen LogP contribution in [0.5, 0.6) is 0 Å². The number of anilines is 1. The van der Waals surface area contributed by atoms with Gasteiger partial charge in [0.1, 0.15) is 5.60 Å². The first kappa shape index (κ1) is 15.2. The topological polar surface area (TPSA) is 41.6 Å². The molecule has 1 saturated heterocycles. The van der Waals surface area contributed by atoms with Crippen molar-refractivity contribution in [2.24, 2.45) is 0 Å². The van der Waals surface area contributed by atoms with E-state index >= 15 is 0 Å². The molecule has 1 N–H and O–H groups in total. The van der Waals surface area contributed by atoms with Gasteiger partial charge in [0.2, 0.25) is 0 Å². The van der Waals surface area contributed by atoms with Gasteiger partial charge in [-0.05, 0) is 18.6 Å². The van der Waals surface area contributed by atoms with Crippen molar-refractivity contribution < 1.29 is 9.53 Å². The number of piperidine rings is 1. The minimum Gasteiger partial charge on any atom is -0.438 e. The first-order valence-corrected chi connectivity index (χ1v) is 8.52. The van der Waals surface area contributed by atoms with Gasteiger partial charge in [-0.3, -0.25) is 10.2 Å². The Bertz CT molecular complexity index is 746. The Kier molecular flexibility index (Phi) is 3.77. The summed E-state index contributed by atoms with van der Waals surface area (Å²) in [4.78, 5) is 14.4. The van der Waals surface area contributed by atoms with E-state index in [9.17, 15) is 4.79 Å². The van der Waals surface area contributed by atoms with Crippen LogP contribution in [0, 0.1) is 6.92 Å². The van der Waals surface area contributed by atoms with Gasteiger partial charge in [-0.15, -0.1) is 0 Å². The highest BCUT2D eigenvalue weighted by molar-refractivity contribution is 5.88. The Balaban J connectivity index is 1.49. The summed E-state index contributed by atoms with van der Waals surface area (Å²) in [6.07, 6.45) is 1.34. The number of hydrogen-bond acceptors (Lipinski definition) is 3. The van der Waals surface area contributed by atoms with E-state index in [2.05, 4.69) is 47.5 Å². The molecule has 0 bridgehead atoms. The van der Waals surface area contributed by atoms with Crippen molar-refractivity contribution in [2.45, 2.75) is 31.9 Å². The van der Waals surface area contributed by atoms with E-state index in [4.69, 9.17) is 4.74 Å². The molecular weight excluding hydrogens is 300 g/mol. The number of nitrogens with one attached hydrogen (secondary N) is 1. The fraction of sp³-hybridized carbons (Fsp3) is 0.350. The molecule has 0 aliphatic carbocycles. The van der Waals surface area contributed by atoms with Crippen LogP contribution in [-0.2, 0) is 16.9 Å². The zero-order chi connectivity index (χ0) is 16.6. The molecule has 124 valence electrons. The summed E-state index contributed by atoms with van der Waals surface area (Å²) < 4.78 is 5.78. The highest BCUT2D eigenvalue weighted by Gasteiger charge is 2.44. The number of rotatable bonds is 2. The maximum Gasteiger partial charge on any atom is 0.412 e. The number of aryl methyl sites for hydroxylation is 1. The van der Waals surface area contributed by atoms with Crippen molar-refractivity contribution in [1.29, 1.82) is 0 Å². The molecule has 1 spiro atoms. The van der Waals surface area contributed by atoms with Crippen LogP contribution in [-0.4, -0.2) is 24.1 Å². The Morgan fingerprint density at radius 2 is 1.79 bits per heavy atom. The normalized spacial score (nSPS) is 19.5. The minimum absolute atomic E-state index is 0.333. The van der Waals surface area contributed by atoms with E-state index in [-0.39, 0.29) is 6.09 Å². The number of para-hydroxylation sites is 1. The van der Waals surface area contributed by atoms with Crippen LogP contribution in [0.4, 0.5) is 10.5 Å². The third-order valence-electron chi connectivity index (χ3n) is 5.13. The lowest BCUT2D eigenvalue weighted by Gasteiger charge is -2.44. The van der Waals surface area contributed by atoms with Gasteiger partial charge in [0.15, 0.2) is 0 Å². The van der Waals surface area contributed by atoms with Gasteiger partial charge in [0.05, 0.1) is 5.69 Å². The van der Waals surface area contributed by atoms with Crippen molar-refractivity contribution in [1.82, 2.24) is 4.90 Å². The molecule has 2 aromatic rings. The number of ether oxygens (including phenoxy) is 1. The number of nitrogens with zero attached hydrogens (tertiary/aromatic N) is 1. The van der Waals surface area contributed by atoms with Gasteiger partial charge in [-0.25, -0.2) is 4.79 Å².